The number of rotatable bonds is 6. The summed E-state index contributed by atoms with van der Waals surface area (Å²) in [6, 6.07) is 10.0. The standard InChI is InChI=1S/C20H33N/c1-4-9-17-10-8-12-18(14-17)20-13-7-5-6-11-19(20)15-21-16(2)3/h8,10,12,14,16,19-21H,4-7,9,11,13,15H2,1-3H3. The van der Waals surface area contributed by atoms with Crippen molar-refractivity contribution >= 4 is 0 Å². The van der Waals surface area contributed by atoms with E-state index in [2.05, 4.69) is 50.4 Å². The summed E-state index contributed by atoms with van der Waals surface area (Å²) < 4.78 is 0. The van der Waals surface area contributed by atoms with E-state index in [9.17, 15) is 0 Å². The number of aryl methyl sites for hydroxylation is 1. The van der Waals surface area contributed by atoms with Gasteiger partial charge in [-0.2, -0.15) is 0 Å². The van der Waals surface area contributed by atoms with Crippen LogP contribution in [0.4, 0.5) is 0 Å². The fourth-order valence-corrected chi connectivity index (χ4v) is 3.72. The molecular formula is C20H33N. The Morgan fingerprint density at radius 3 is 2.71 bits per heavy atom. The molecule has 1 nitrogen and oxygen atoms in total. The Morgan fingerprint density at radius 2 is 1.95 bits per heavy atom. The number of benzene rings is 1. The first-order chi connectivity index (χ1) is 10.2. The van der Waals surface area contributed by atoms with Gasteiger partial charge in [-0.25, -0.2) is 0 Å². The molecule has 0 heterocycles. The highest BCUT2D eigenvalue weighted by Gasteiger charge is 2.25. The van der Waals surface area contributed by atoms with E-state index in [4.69, 9.17) is 0 Å². The van der Waals surface area contributed by atoms with Gasteiger partial charge in [0.25, 0.3) is 0 Å². The maximum atomic E-state index is 3.68. The summed E-state index contributed by atoms with van der Waals surface area (Å²) in [7, 11) is 0. The molecule has 2 rings (SSSR count). The molecule has 0 amide bonds. The summed E-state index contributed by atoms with van der Waals surface area (Å²) in [4.78, 5) is 0. The van der Waals surface area contributed by atoms with Gasteiger partial charge in [0.1, 0.15) is 0 Å². The molecule has 1 heteroatoms. The fraction of sp³-hybridized carbons (Fsp3) is 0.700. The topological polar surface area (TPSA) is 12.0 Å². The predicted octanol–water partition coefficient (Wildman–Crippen LogP) is 5.30. The first kappa shape index (κ1) is 16.5. The third kappa shape index (κ3) is 5.14. The molecule has 21 heavy (non-hydrogen) atoms. The highest BCUT2D eigenvalue weighted by molar-refractivity contribution is 5.27. The summed E-state index contributed by atoms with van der Waals surface area (Å²) >= 11 is 0. The number of nitrogens with one attached hydrogen (secondary N) is 1. The molecule has 1 aromatic carbocycles. The average molecular weight is 287 g/mol. The largest absolute Gasteiger partial charge is 0.314 e. The van der Waals surface area contributed by atoms with Crippen LogP contribution in [0.5, 0.6) is 0 Å². The lowest BCUT2D eigenvalue weighted by Crippen LogP contribution is -2.31. The molecule has 1 N–H and O–H groups in total. The van der Waals surface area contributed by atoms with Gasteiger partial charge in [0.2, 0.25) is 0 Å². The van der Waals surface area contributed by atoms with Crippen molar-refractivity contribution in [2.45, 2.75) is 77.7 Å². The van der Waals surface area contributed by atoms with Gasteiger partial charge in [-0.15, -0.1) is 0 Å². The summed E-state index contributed by atoms with van der Waals surface area (Å²) in [5.74, 6) is 1.57. The highest BCUT2D eigenvalue weighted by atomic mass is 14.9. The van der Waals surface area contributed by atoms with Crippen molar-refractivity contribution in [2.24, 2.45) is 5.92 Å². The summed E-state index contributed by atoms with van der Waals surface area (Å²) in [6.45, 7) is 7.97. The lowest BCUT2D eigenvalue weighted by Gasteiger charge is -2.27. The SMILES string of the molecule is CCCc1cccc(C2CCCCCC2CNC(C)C)c1. The Bertz CT molecular complexity index is 410. The van der Waals surface area contributed by atoms with Crippen molar-refractivity contribution in [1.82, 2.24) is 5.32 Å². The molecule has 1 aliphatic rings. The van der Waals surface area contributed by atoms with Crippen LogP contribution in [0.15, 0.2) is 24.3 Å². The molecule has 2 unspecified atom stereocenters. The molecule has 1 aromatic rings. The molecule has 0 saturated heterocycles. The van der Waals surface area contributed by atoms with Gasteiger partial charge in [-0.05, 0) is 48.8 Å². The molecule has 1 fully saturated rings. The van der Waals surface area contributed by atoms with Crippen LogP contribution in [0.2, 0.25) is 0 Å². The molecular weight excluding hydrogens is 254 g/mol. The van der Waals surface area contributed by atoms with Crippen LogP contribution >= 0.6 is 0 Å². The minimum Gasteiger partial charge on any atom is -0.314 e. The Balaban J connectivity index is 2.13. The summed E-state index contributed by atoms with van der Waals surface area (Å²) in [5.41, 5.74) is 3.12. The Morgan fingerprint density at radius 1 is 1.14 bits per heavy atom. The van der Waals surface area contributed by atoms with E-state index in [0.29, 0.717) is 6.04 Å². The Labute approximate surface area is 131 Å². The van der Waals surface area contributed by atoms with E-state index in [0.717, 1.165) is 11.8 Å². The van der Waals surface area contributed by atoms with Crippen molar-refractivity contribution in [1.29, 1.82) is 0 Å². The van der Waals surface area contributed by atoms with Crippen molar-refractivity contribution in [3.8, 4) is 0 Å². The van der Waals surface area contributed by atoms with Crippen LogP contribution < -0.4 is 5.32 Å². The van der Waals surface area contributed by atoms with E-state index < -0.39 is 0 Å². The van der Waals surface area contributed by atoms with Gasteiger partial charge in [-0.3, -0.25) is 0 Å². The maximum absolute atomic E-state index is 3.68. The van der Waals surface area contributed by atoms with Crippen LogP contribution in [-0.2, 0) is 6.42 Å². The molecule has 1 aliphatic carbocycles. The highest BCUT2D eigenvalue weighted by Crippen LogP contribution is 2.36. The van der Waals surface area contributed by atoms with Gasteiger partial charge < -0.3 is 5.32 Å². The molecule has 2 atom stereocenters. The van der Waals surface area contributed by atoms with E-state index in [1.54, 1.807) is 5.56 Å². The second-order valence-corrected chi connectivity index (χ2v) is 7.06. The lowest BCUT2D eigenvalue weighted by atomic mass is 9.81. The third-order valence-electron chi connectivity index (χ3n) is 4.87. The van der Waals surface area contributed by atoms with Gasteiger partial charge in [-0.1, -0.05) is 70.7 Å². The molecule has 0 spiro atoms. The zero-order valence-corrected chi connectivity index (χ0v) is 14.2. The lowest BCUT2D eigenvalue weighted by molar-refractivity contribution is 0.363. The van der Waals surface area contributed by atoms with E-state index in [1.807, 2.05) is 0 Å². The first-order valence-corrected chi connectivity index (χ1v) is 9.03. The maximum Gasteiger partial charge on any atom is 0.00104 e. The normalized spacial score (nSPS) is 23.2. The van der Waals surface area contributed by atoms with Crippen molar-refractivity contribution < 1.29 is 0 Å². The molecule has 0 radical (unpaired) electrons. The molecule has 118 valence electrons. The second-order valence-electron chi connectivity index (χ2n) is 7.06. The van der Waals surface area contributed by atoms with Crippen LogP contribution in [-0.4, -0.2) is 12.6 Å². The molecule has 1 saturated carbocycles. The van der Waals surface area contributed by atoms with Gasteiger partial charge in [0.15, 0.2) is 0 Å². The van der Waals surface area contributed by atoms with Crippen molar-refractivity contribution in [3.05, 3.63) is 35.4 Å². The smallest absolute Gasteiger partial charge is 0.00104 e. The third-order valence-corrected chi connectivity index (χ3v) is 4.87. The Kier molecular flexibility index (Phi) is 6.76. The monoisotopic (exact) mass is 287 g/mol. The first-order valence-electron chi connectivity index (χ1n) is 9.03. The van der Waals surface area contributed by atoms with Crippen LogP contribution in [0, 0.1) is 5.92 Å². The molecule has 0 bridgehead atoms. The van der Waals surface area contributed by atoms with Crippen molar-refractivity contribution in [3.63, 3.8) is 0 Å². The van der Waals surface area contributed by atoms with Gasteiger partial charge in [0, 0.05) is 6.04 Å². The molecule has 0 aliphatic heterocycles. The number of hydrogen-bond acceptors (Lipinski definition) is 1. The van der Waals surface area contributed by atoms with Crippen LogP contribution in [0.1, 0.15) is 76.3 Å². The quantitative estimate of drug-likeness (QED) is 0.700. The van der Waals surface area contributed by atoms with Crippen LogP contribution in [0.25, 0.3) is 0 Å². The Hall–Kier alpha value is -0.820. The van der Waals surface area contributed by atoms with Crippen LogP contribution in [0.3, 0.4) is 0 Å². The van der Waals surface area contributed by atoms with E-state index in [-0.39, 0.29) is 0 Å². The molecule has 0 aromatic heterocycles. The minimum absolute atomic E-state index is 0.598. The number of hydrogen-bond donors (Lipinski definition) is 1. The zero-order valence-electron chi connectivity index (χ0n) is 14.2. The average Bonchev–Trinajstić information content (AvgIpc) is 2.71. The zero-order chi connectivity index (χ0) is 15.1. The predicted molar refractivity (Wildman–Crippen MR) is 92.9 cm³/mol. The summed E-state index contributed by atoms with van der Waals surface area (Å²) in [5, 5.41) is 3.68. The van der Waals surface area contributed by atoms with E-state index >= 15 is 0 Å². The van der Waals surface area contributed by atoms with Gasteiger partial charge in [0.05, 0.1) is 0 Å². The minimum atomic E-state index is 0.598. The second kappa shape index (κ2) is 8.58. The summed E-state index contributed by atoms with van der Waals surface area (Å²) in [6.07, 6.45) is 9.46. The fourth-order valence-electron chi connectivity index (χ4n) is 3.72. The van der Waals surface area contributed by atoms with Crippen molar-refractivity contribution in [2.75, 3.05) is 6.54 Å². The van der Waals surface area contributed by atoms with Gasteiger partial charge >= 0.3 is 0 Å². The van der Waals surface area contributed by atoms with E-state index in [1.165, 1.54) is 57.1 Å².